The number of carbonyl (C=O) groups is 1. The van der Waals surface area contributed by atoms with Crippen LogP contribution in [0, 0.1) is 6.92 Å². The number of fused-ring (bicyclic) bond motifs is 1. The predicted octanol–water partition coefficient (Wildman–Crippen LogP) is 5.03. The number of aryl methyl sites for hydroxylation is 1. The quantitative estimate of drug-likeness (QED) is 0.426. The van der Waals surface area contributed by atoms with Gasteiger partial charge in [0.2, 0.25) is 5.91 Å². The summed E-state index contributed by atoms with van der Waals surface area (Å²) in [6, 6.07) is 15.5. The van der Waals surface area contributed by atoms with E-state index < -0.39 is 0 Å². The maximum atomic E-state index is 12.2. The minimum atomic E-state index is -0.0907. The molecule has 6 nitrogen and oxygen atoms in total. The molecule has 0 aliphatic heterocycles. The van der Waals surface area contributed by atoms with Crippen molar-refractivity contribution in [3.63, 3.8) is 0 Å². The fourth-order valence-electron chi connectivity index (χ4n) is 2.74. The lowest BCUT2D eigenvalue weighted by Gasteiger charge is -2.05. The number of nitrogens with zero attached hydrogens (tertiary/aromatic N) is 3. The summed E-state index contributed by atoms with van der Waals surface area (Å²) < 4.78 is 8.70. The first-order valence-electron chi connectivity index (χ1n) is 8.58. The first-order valence-corrected chi connectivity index (χ1v) is 10.4. The molecule has 0 atom stereocenters. The highest BCUT2D eigenvalue weighted by Gasteiger charge is 2.16. The summed E-state index contributed by atoms with van der Waals surface area (Å²) in [5, 5.41) is 12.9. The monoisotopic (exact) mass is 456 g/mol. The standard InChI is InChI=1S/C20H17BrN4O2S/c1-12-3-6-15(7-4-12)22-18(26)11-28-20-24-23-19(25(20)2)17-10-13-9-14(21)5-8-16(13)27-17/h3-10H,11H2,1-2H3,(H,22,26). The van der Waals surface area contributed by atoms with Gasteiger partial charge in [-0.2, -0.15) is 0 Å². The smallest absolute Gasteiger partial charge is 0.234 e. The van der Waals surface area contributed by atoms with Gasteiger partial charge in [0.1, 0.15) is 5.58 Å². The zero-order chi connectivity index (χ0) is 19.7. The summed E-state index contributed by atoms with van der Waals surface area (Å²) in [6.45, 7) is 2.01. The highest BCUT2D eigenvalue weighted by atomic mass is 79.9. The molecule has 4 aromatic rings. The van der Waals surface area contributed by atoms with Crippen LogP contribution in [0.3, 0.4) is 0 Å². The second-order valence-corrected chi connectivity index (χ2v) is 8.22. The number of nitrogens with one attached hydrogen (secondary N) is 1. The zero-order valence-electron chi connectivity index (χ0n) is 15.3. The van der Waals surface area contributed by atoms with Crippen LogP contribution in [0.5, 0.6) is 0 Å². The Balaban J connectivity index is 1.45. The molecule has 0 unspecified atom stereocenters. The van der Waals surface area contributed by atoms with Crippen molar-refractivity contribution in [3.05, 3.63) is 58.6 Å². The fourth-order valence-corrected chi connectivity index (χ4v) is 3.83. The van der Waals surface area contributed by atoms with Gasteiger partial charge in [0.15, 0.2) is 16.7 Å². The molecule has 28 heavy (non-hydrogen) atoms. The van der Waals surface area contributed by atoms with Gasteiger partial charge in [0, 0.05) is 22.6 Å². The molecule has 0 aliphatic rings. The second-order valence-electron chi connectivity index (χ2n) is 6.36. The van der Waals surface area contributed by atoms with Crippen LogP contribution >= 0.6 is 27.7 Å². The number of hydrogen-bond donors (Lipinski definition) is 1. The van der Waals surface area contributed by atoms with Gasteiger partial charge in [-0.3, -0.25) is 4.79 Å². The first-order chi connectivity index (χ1) is 13.5. The van der Waals surface area contributed by atoms with Crippen molar-refractivity contribution in [1.29, 1.82) is 0 Å². The third-order valence-corrected chi connectivity index (χ3v) is 5.71. The maximum absolute atomic E-state index is 12.2. The number of hydrogen-bond acceptors (Lipinski definition) is 5. The molecule has 0 radical (unpaired) electrons. The Morgan fingerprint density at radius 1 is 1.18 bits per heavy atom. The van der Waals surface area contributed by atoms with E-state index in [1.165, 1.54) is 11.8 Å². The van der Waals surface area contributed by atoms with Gasteiger partial charge in [0.25, 0.3) is 0 Å². The summed E-state index contributed by atoms with van der Waals surface area (Å²) in [6.07, 6.45) is 0. The SMILES string of the molecule is Cc1ccc(NC(=O)CSc2nnc(-c3cc4cc(Br)ccc4o3)n2C)cc1. The minimum absolute atomic E-state index is 0.0907. The van der Waals surface area contributed by atoms with Crippen LogP contribution in [-0.4, -0.2) is 26.4 Å². The van der Waals surface area contributed by atoms with Crippen molar-refractivity contribution >= 4 is 50.3 Å². The topological polar surface area (TPSA) is 73.0 Å². The molecular formula is C20H17BrN4O2S. The van der Waals surface area contributed by atoms with Crippen LogP contribution in [-0.2, 0) is 11.8 Å². The van der Waals surface area contributed by atoms with Gasteiger partial charge < -0.3 is 14.3 Å². The molecule has 0 spiro atoms. The molecule has 0 saturated carbocycles. The van der Waals surface area contributed by atoms with E-state index in [9.17, 15) is 4.79 Å². The van der Waals surface area contributed by atoms with Crippen molar-refractivity contribution in [2.75, 3.05) is 11.1 Å². The number of rotatable bonds is 5. The van der Waals surface area contributed by atoms with Crippen molar-refractivity contribution in [1.82, 2.24) is 14.8 Å². The van der Waals surface area contributed by atoms with Crippen molar-refractivity contribution in [2.24, 2.45) is 7.05 Å². The van der Waals surface area contributed by atoms with Gasteiger partial charge in [-0.25, -0.2) is 0 Å². The van der Waals surface area contributed by atoms with E-state index in [0.717, 1.165) is 26.7 Å². The Morgan fingerprint density at radius 2 is 1.96 bits per heavy atom. The minimum Gasteiger partial charge on any atom is -0.453 e. The second kappa shape index (κ2) is 7.81. The van der Waals surface area contributed by atoms with Crippen molar-refractivity contribution in [3.8, 4) is 11.6 Å². The Morgan fingerprint density at radius 3 is 2.75 bits per heavy atom. The van der Waals surface area contributed by atoms with E-state index in [2.05, 4.69) is 31.4 Å². The number of furan rings is 1. The molecule has 2 aromatic carbocycles. The number of thioether (sulfide) groups is 1. The van der Waals surface area contributed by atoms with Crippen LogP contribution in [0.15, 0.2) is 62.6 Å². The third kappa shape index (κ3) is 3.98. The highest BCUT2D eigenvalue weighted by Crippen LogP contribution is 2.30. The maximum Gasteiger partial charge on any atom is 0.234 e. The van der Waals surface area contributed by atoms with Crippen LogP contribution in [0.25, 0.3) is 22.6 Å². The van der Waals surface area contributed by atoms with E-state index in [4.69, 9.17) is 4.42 Å². The molecular weight excluding hydrogens is 440 g/mol. The summed E-state index contributed by atoms with van der Waals surface area (Å²) in [4.78, 5) is 12.2. The number of halogens is 1. The molecule has 1 N–H and O–H groups in total. The summed E-state index contributed by atoms with van der Waals surface area (Å²) in [5.41, 5.74) is 2.72. The van der Waals surface area contributed by atoms with Gasteiger partial charge >= 0.3 is 0 Å². The van der Waals surface area contributed by atoms with Crippen molar-refractivity contribution in [2.45, 2.75) is 12.1 Å². The van der Waals surface area contributed by atoms with E-state index in [1.54, 1.807) is 0 Å². The lowest BCUT2D eigenvalue weighted by atomic mass is 10.2. The number of anilines is 1. The Hall–Kier alpha value is -2.58. The van der Waals surface area contributed by atoms with Crippen LogP contribution < -0.4 is 5.32 Å². The van der Waals surface area contributed by atoms with E-state index in [-0.39, 0.29) is 11.7 Å². The third-order valence-electron chi connectivity index (χ3n) is 4.20. The van der Waals surface area contributed by atoms with Gasteiger partial charge in [-0.1, -0.05) is 45.4 Å². The molecule has 4 rings (SSSR count). The lowest BCUT2D eigenvalue weighted by Crippen LogP contribution is -2.14. The first kappa shape index (κ1) is 18.8. The van der Waals surface area contributed by atoms with Gasteiger partial charge in [-0.05, 0) is 43.3 Å². The normalized spacial score (nSPS) is 11.1. The van der Waals surface area contributed by atoms with E-state index in [1.807, 2.05) is 67.1 Å². The van der Waals surface area contributed by atoms with E-state index >= 15 is 0 Å². The van der Waals surface area contributed by atoms with Gasteiger partial charge in [-0.15, -0.1) is 10.2 Å². The van der Waals surface area contributed by atoms with Crippen LogP contribution in [0.1, 0.15) is 5.56 Å². The molecule has 0 bridgehead atoms. The Labute approximate surface area is 174 Å². The summed E-state index contributed by atoms with van der Waals surface area (Å²) in [7, 11) is 1.86. The molecule has 142 valence electrons. The van der Waals surface area contributed by atoms with Crippen LogP contribution in [0.4, 0.5) is 5.69 Å². The summed E-state index contributed by atoms with van der Waals surface area (Å²) >= 11 is 4.79. The number of benzene rings is 2. The molecule has 1 amide bonds. The van der Waals surface area contributed by atoms with Gasteiger partial charge in [0.05, 0.1) is 5.75 Å². The largest absolute Gasteiger partial charge is 0.453 e. The average molecular weight is 457 g/mol. The Kier molecular flexibility index (Phi) is 5.23. The van der Waals surface area contributed by atoms with Crippen molar-refractivity contribution < 1.29 is 9.21 Å². The predicted molar refractivity (Wildman–Crippen MR) is 114 cm³/mol. The molecule has 0 fully saturated rings. The molecule has 2 heterocycles. The number of aromatic nitrogens is 3. The fraction of sp³-hybridized carbons (Fsp3) is 0.150. The molecule has 2 aromatic heterocycles. The number of carbonyl (C=O) groups excluding carboxylic acids is 1. The Bertz CT molecular complexity index is 1150. The zero-order valence-corrected chi connectivity index (χ0v) is 17.7. The number of amides is 1. The van der Waals surface area contributed by atoms with Crippen LogP contribution in [0.2, 0.25) is 0 Å². The highest BCUT2D eigenvalue weighted by molar-refractivity contribution is 9.10. The lowest BCUT2D eigenvalue weighted by molar-refractivity contribution is -0.113. The molecule has 8 heteroatoms. The average Bonchev–Trinajstić information content (AvgIpc) is 3.24. The van der Waals surface area contributed by atoms with E-state index in [0.29, 0.717) is 16.7 Å². The molecule has 0 saturated heterocycles. The summed E-state index contributed by atoms with van der Waals surface area (Å²) in [5.74, 6) is 1.41. The molecule has 0 aliphatic carbocycles.